The minimum atomic E-state index is -0.456. The molecule has 0 spiro atoms. The second-order valence-electron chi connectivity index (χ2n) is 4.03. The quantitative estimate of drug-likeness (QED) is 0.732. The van der Waals surface area contributed by atoms with Crippen molar-refractivity contribution < 1.29 is 23.5 Å². The second-order valence-corrected chi connectivity index (χ2v) is 4.03. The molecule has 1 heterocycles. The summed E-state index contributed by atoms with van der Waals surface area (Å²) in [6, 6.07) is 3.09. The van der Waals surface area contributed by atoms with Gasteiger partial charge in [-0.15, -0.1) is 0 Å². The molecule has 0 aromatic carbocycles. The number of rotatable bonds is 7. The Bertz CT molecular complexity index is 455. The number of nitrogens with one attached hydrogen (secondary N) is 1. The first-order valence-electron chi connectivity index (χ1n) is 6.26. The largest absolute Gasteiger partial charge is 0.466 e. The topological polar surface area (TPSA) is 88.9 Å². The molecule has 2 amide bonds. The van der Waals surface area contributed by atoms with Crippen LogP contribution in [-0.4, -0.2) is 49.4 Å². The first kappa shape index (κ1) is 15.7. The van der Waals surface area contributed by atoms with Gasteiger partial charge in [-0.2, -0.15) is 0 Å². The molecule has 1 aromatic heterocycles. The zero-order chi connectivity index (χ0) is 15.0. The zero-order valence-electron chi connectivity index (χ0n) is 11.5. The lowest BCUT2D eigenvalue weighted by atomic mass is 10.3. The Morgan fingerprint density at radius 2 is 2.15 bits per heavy atom. The molecule has 20 heavy (non-hydrogen) atoms. The van der Waals surface area contributed by atoms with Crippen molar-refractivity contribution in [3.8, 4) is 0 Å². The molecule has 0 saturated carbocycles. The monoisotopic (exact) mass is 282 g/mol. The lowest BCUT2D eigenvalue weighted by Crippen LogP contribution is -2.39. The van der Waals surface area contributed by atoms with E-state index in [0.717, 1.165) is 0 Å². The summed E-state index contributed by atoms with van der Waals surface area (Å²) in [5.41, 5.74) is 0. The van der Waals surface area contributed by atoms with Crippen molar-refractivity contribution in [3.63, 3.8) is 0 Å². The number of furan rings is 1. The van der Waals surface area contributed by atoms with Crippen molar-refractivity contribution >= 4 is 17.8 Å². The number of likely N-dealkylation sites (N-methyl/N-ethyl adjacent to an activating group) is 1. The van der Waals surface area contributed by atoms with Crippen LogP contribution < -0.4 is 5.32 Å². The normalized spacial score (nSPS) is 9.90. The highest BCUT2D eigenvalue weighted by molar-refractivity contribution is 5.94. The van der Waals surface area contributed by atoms with E-state index in [2.05, 4.69) is 5.32 Å². The Balaban J connectivity index is 2.28. The average Bonchev–Trinajstić information content (AvgIpc) is 2.96. The van der Waals surface area contributed by atoms with Crippen molar-refractivity contribution in [2.45, 2.75) is 13.3 Å². The Labute approximate surface area is 116 Å². The van der Waals surface area contributed by atoms with E-state index in [0.29, 0.717) is 6.61 Å². The fourth-order valence-electron chi connectivity index (χ4n) is 1.40. The predicted octanol–water partition coefficient (Wildman–Crippen LogP) is 0.421. The molecular weight excluding hydrogens is 264 g/mol. The third-order valence-electron chi connectivity index (χ3n) is 2.53. The highest BCUT2D eigenvalue weighted by Crippen LogP contribution is 1.99. The van der Waals surface area contributed by atoms with Gasteiger partial charge in [0.1, 0.15) is 0 Å². The molecule has 1 aromatic rings. The van der Waals surface area contributed by atoms with Gasteiger partial charge in [0.2, 0.25) is 5.91 Å². The van der Waals surface area contributed by atoms with Gasteiger partial charge < -0.3 is 19.4 Å². The molecule has 0 atom stereocenters. The molecule has 0 aliphatic carbocycles. The van der Waals surface area contributed by atoms with Crippen LogP contribution in [0.1, 0.15) is 23.9 Å². The maximum atomic E-state index is 11.7. The molecule has 0 radical (unpaired) electrons. The van der Waals surface area contributed by atoms with Crippen LogP contribution in [0.3, 0.4) is 0 Å². The van der Waals surface area contributed by atoms with E-state index < -0.39 is 5.91 Å². The molecule has 7 nitrogen and oxygen atoms in total. The van der Waals surface area contributed by atoms with Crippen LogP contribution in [0.4, 0.5) is 0 Å². The standard InChI is InChI=1S/C13H18N2O5/c1-3-19-12(17)6-7-15(2)11(16)9-14-13(18)10-5-4-8-20-10/h4-5,8H,3,6-7,9H2,1-2H3,(H,14,18). The summed E-state index contributed by atoms with van der Waals surface area (Å²) >= 11 is 0. The number of nitrogens with zero attached hydrogens (tertiary/aromatic N) is 1. The van der Waals surface area contributed by atoms with E-state index in [1.165, 1.54) is 17.2 Å². The van der Waals surface area contributed by atoms with Crippen LogP contribution >= 0.6 is 0 Å². The molecule has 0 aliphatic rings. The summed E-state index contributed by atoms with van der Waals surface area (Å²) in [6.45, 7) is 2.12. The maximum Gasteiger partial charge on any atom is 0.307 e. The van der Waals surface area contributed by atoms with Crippen molar-refractivity contribution in [1.82, 2.24) is 10.2 Å². The van der Waals surface area contributed by atoms with E-state index >= 15 is 0 Å². The number of esters is 1. The Morgan fingerprint density at radius 3 is 2.75 bits per heavy atom. The van der Waals surface area contributed by atoms with Gasteiger partial charge in [0, 0.05) is 13.6 Å². The van der Waals surface area contributed by atoms with E-state index in [-0.39, 0.29) is 37.1 Å². The van der Waals surface area contributed by atoms with Gasteiger partial charge in [0.05, 0.1) is 25.8 Å². The molecule has 0 fully saturated rings. The number of hydrogen-bond donors (Lipinski definition) is 1. The van der Waals surface area contributed by atoms with E-state index in [9.17, 15) is 14.4 Å². The smallest absolute Gasteiger partial charge is 0.307 e. The van der Waals surface area contributed by atoms with Crippen LogP contribution in [0.15, 0.2) is 22.8 Å². The van der Waals surface area contributed by atoms with Gasteiger partial charge in [-0.3, -0.25) is 14.4 Å². The molecule has 1 N–H and O–H groups in total. The summed E-state index contributed by atoms with van der Waals surface area (Å²) in [5.74, 6) is -0.963. The summed E-state index contributed by atoms with van der Waals surface area (Å²) in [6.07, 6.45) is 1.50. The van der Waals surface area contributed by atoms with Crippen molar-refractivity contribution in [3.05, 3.63) is 24.2 Å². The maximum absolute atomic E-state index is 11.7. The minimum absolute atomic E-state index is 0.127. The van der Waals surface area contributed by atoms with Crippen molar-refractivity contribution in [2.75, 3.05) is 26.7 Å². The number of hydrogen-bond acceptors (Lipinski definition) is 5. The van der Waals surface area contributed by atoms with Gasteiger partial charge in [0.25, 0.3) is 5.91 Å². The first-order chi connectivity index (χ1) is 9.54. The van der Waals surface area contributed by atoms with Crippen LogP contribution in [0.2, 0.25) is 0 Å². The summed E-state index contributed by atoms with van der Waals surface area (Å²) in [7, 11) is 1.56. The molecule has 1 rings (SSSR count). The van der Waals surface area contributed by atoms with Gasteiger partial charge >= 0.3 is 5.97 Å². The lowest BCUT2D eigenvalue weighted by molar-refractivity contribution is -0.143. The molecule has 7 heteroatoms. The molecule has 0 aliphatic heterocycles. The van der Waals surface area contributed by atoms with Crippen LogP contribution in [0, 0.1) is 0 Å². The van der Waals surface area contributed by atoms with Crippen LogP contribution in [0.25, 0.3) is 0 Å². The third-order valence-corrected chi connectivity index (χ3v) is 2.53. The van der Waals surface area contributed by atoms with Gasteiger partial charge in [-0.1, -0.05) is 0 Å². The molecule has 110 valence electrons. The van der Waals surface area contributed by atoms with E-state index in [1.807, 2.05) is 0 Å². The van der Waals surface area contributed by atoms with Crippen molar-refractivity contribution in [2.24, 2.45) is 0 Å². The third kappa shape index (κ3) is 5.13. The average molecular weight is 282 g/mol. The highest BCUT2D eigenvalue weighted by atomic mass is 16.5. The highest BCUT2D eigenvalue weighted by Gasteiger charge is 2.14. The molecule has 0 saturated heterocycles. The summed E-state index contributed by atoms with van der Waals surface area (Å²) in [4.78, 5) is 35.8. The molecular formula is C13H18N2O5. The Kier molecular flexibility index (Phi) is 6.28. The second kappa shape index (κ2) is 7.98. The molecule has 0 unspecified atom stereocenters. The Morgan fingerprint density at radius 1 is 1.40 bits per heavy atom. The molecule has 0 bridgehead atoms. The SMILES string of the molecule is CCOC(=O)CCN(C)C(=O)CNC(=O)c1ccco1. The minimum Gasteiger partial charge on any atom is -0.466 e. The fourth-order valence-corrected chi connectivity index (χ4v) is 1.40. The number of amides is 2. The fraction of sp³-hybridized carbons (Fsp3) is 0.462. The lowest BCUT2D eigenvalue weighted by Gasteiger charge is -2.16. The van der Waals surface area contributed by atoms with Gasteiger partial charge in [-0.25, -0.2) is 0 Å². The zero-order valence-corrected chi connectivity index (χ0v) is 11.5. The van der Waals surface area contributed by atoms with Crippen molar-refractivity contribution in [1.29, 1.82) is 0 Å². The summed E-state index contributed by atoms with van der Waals surface area (Å²) < 4.78 is 9.66. The van der Waals surface area contributed by atoms with E-state index in [4.69, 9.17) is 9.15 Å². The van der Waals surface area contributed by atoms with Gasteiger partial charge in [-0.05, 0) is 19.1 Å². The number of carbonyl (C=O) groups is 3. The Hall–Kier alpha value is -2.31. The van der Waals surface area contributed by atoms with Crippen LogP contribution in [-0.2, 0) is 14.3 Å². The van der Waals surface area contributed by atoms with Gasteiger partial charge in [0.15, 0.2) is 5.76 Å². The summed E-state index contributed by atoms with van der Waals surface area (Å²) in [5, 5.41) is 2.44. The first-order valence-corrected chi connectivity index (χ1v) is 6.26. The predicted molar refractivity (Wildman–Crippen MR) is 69.9 cm³/mol. The van der Waals surface area contributed by atoms with Crippen LogP contribution in [0.5, 0.6) is 0 Å². The van der Waals surface area contributed by atoms with E-state index in [1.54, 1.807) is 20.0 Å². The number of carbonyl (C=O) groups excluding carboxylic acids is 3. The number of ether oxygens (including phenoxy) is 1.